The highest BCUT2D eigenvalue weighted by Crippen LogP contribution is 2.16. The summed E-state index contributed by atoms with van der Waals surface area (Å²) in [5, 5.41) is 0. The Morgan fingerprint density at radius 2 is 1.73 bits per heavy atom. The Labute approximate surface area is 96.2 Å². The molecule has 5 heteroatoms. The first-order valence-electron chi connectivity index (χ1n) is 4.24. The highest BCUT2D eigenvalue weighted by Gasteiger charge is 2.11. The van der Waals surface area contributed by atoms with Crippen LogP contribution in [0.4, 0.5) is 0 Å². The van der Waals surface area contributed by atoms with Gasteiger partial charge in [-0.3, -0.25) is 9.59 Å². The van der Waals surface area contributed by atoms with Crippen LogP contribution in [0.25, 0.3) is 0 Å². The average molecular weight is 271 g/mol. The Balaban J connectivity index is 3.20. The fraction of sp³-hybridized carbons (Fsp3) is 0.200. The summed E-state index contributed by atoms with van der Waals surface area (Å²) in [7, 11) is 3.29. The van der Waals surface area contributed by atoms with Gasteiger partial charge in [0, 0.05) is 29.7 Å². The van der Waals surface area contributed by atoms with Gasteiger partial charge in [-0.15, -0.1) is 0 Å². The Morgan fingerprint density at radius 1 is 1.20 bits per heavy atom. The Bertz CT molecular complexity index is 416. The van der Waals surface area contributed by atoms with Crippen molar-refractivity contribution in [1.29, 1.82) is 0 Å². The zero-order valence-electron chi connectivity index (χ0n) is 8.45. The normalized spacial score (nSPS) is 9.80. The minimum absolute atomic E-state index is 0.168. The predicted octanol–water partition coefficient (Wildman–Crippen LogP) is 1.25. The molecule has 0 aliphatic rings. The van der Waals surface area contributed by atoms with Gasteiger partial charge in [0.1, 0.15) is 0 Å². The van der Waals surface area contributed by atoms with Crippen LogP contribution in [-0.4, -0.2) is 30.8 Å². The topological polar surface area (TPSA) is 63.4 Å². The van der Waals surface area contributed by atoms with Crippen molar-refractivity contribution < 1.29 is 9.59 Å². The summed E-state index contributed by atoms with van der Waals surface area (Å²) >= 11 is 3.22. The van der Waals surface area contributed by atoms with Gasteiger partial charge in [0.05, 0.1) is 0 Å². The molecule has 0 bridgehead atoms. The monoisotopic (exact) mass is 270 g/mol. The van der Waals surface area contributed by atoms with Crippen molar-refractivity contribution in [3.05, 3.63) is 33.8 Å². The fourth-order valence-corrected chi connectivity index (χ4v) is 1.61. The van der Waals surface area contributed by atoms with Gasteiger partial charge in [-0.05, 0) is 18.2 Å². The molecule has 1 aromatic rings. The smallest absolute Gasteiger partial charge is 0.253 e. The first-order chi connectivity index (χ1) is 6.91. The third-order valence-electron chi connectivity index (χ3n) is 1.84. The molecule has 1 aromatic carbocycles. The summed E-state index contributed by atoms with van der Waals surface area (Å²) in [6.07, 6.45) is 0. The van der Waals surface area contributed by atoms with Crippen molar-refractivity contribution in [3.8, 4) is 0 Å². The molecule has 0 saturated heterocycles. The van der Waals surface area contributed by atoms with E-state index in [0.717, 1.165) is 0 Å². The van der Waals surface area contributed by atoms with Gasteiger partial charge in [0.25, 0.3) is 5.91 Å². The fourth-order valence-electron chi connectivity index (χ4n) is 1.11. The molecule has 0 unspecified atom stereocenters. The number of hydrogen-bond donors (Lipinski definition) is 1. The van der Waals surface area contributed by atoms with Crippen LogP contribution in [0, 0.1) is 0 Å². The molecule has 0 saturated carbocycles. The highest BCUT2D eigenvalue weighted by atomic mass is 79.9. The zero-order valence-corrected chi connectivity index (χ0v) is 10.0. The van der Waals surface area contributed by atoms with Gasteiger partial charge in [0.15, 0.2) is 0 Å². The summed E-state index contributed by atoms with van der Waals surface area (Å²) in [4.78, 5) is 24.0. The quantitative estimate of drug-likeness (QED) is 0.879. The Morgan fingerprint density at radius 3 is 2.20 bits per heavy atom. The second-order valence-electron chi connectivity index (χ2n) is 3.29. The molecule has 1 rings (SSSR count). The molecule has 80 valence electrons. The van der Waals surface area contributed by atoms with Crippen molar-refractivity contribution in [2.45, 2.75) is 0 Å². The molecule has 0 aromatic heterocycles. The SMILES string of the molecule is CN(C)C(=O)c1cc(Br)cc(C(N)=O)c1. The minimum atomic E-state index is -0.552. The van der Waals surface area contributed by atoms with E-state index in [4.69, 9.17) is 5.73 Å². The van der Waals surface area contributed by atoms with Crippen LogP contribution in [0.2, 0.25) is 0 Å². The molecule has 0 atom stereocenters. The number of carbonyl (C=O) groups is 2. The number of primary amides is 1. The van der Waals surface area contributed by atoms with E-state index in [2.05, 4.69) is 15.9 Å². The van der Waals surface area contributed by atoms with E-state index in [0.29, 0.717) is 15.6 Å². The maximum atomic E-state index is 11.6. The van der Waals surface area contributed by atoms with E-state index in [1.165, 1.54) is 11.0 Å². The van der Waals surface area contributed by atoms with Crippen molar-refractivity contribution in [1.82, 2.24) is 4.90 Å². The molecule has 4 nitrogen and oxygen atoms in total. The van der Waals surface area contributed by atoms with Crippen molar-refractivity contribution in [2.24, 2.45) is 5.73 Å². The molecule has 2 N–H and O–H groups in total. The molecule has 2 amide bonds. The number of hydrogen-bond acceptors (Lipinski definition) is 2. The predicted molar refractivity (Wildman–Crippen MR) is 60.7 cm³/mol. The third kappa shape index (κ3) is 2.79. The molecule has 0 radical (unpaired) electrons. The Kier molecular flexibility index (Phi) is 3.47. The van der Waals surface area contributed by atoms with Gasteiger partial charge < -0.3 is 10.6 Å². The van der Waals surface area contributed by atoms with Gasteiger partial charge in [-0.2, -0.15) is 0 Å². The van der Waals surface area contributed by atoms with Gasteiger partial charge in [-0.1, -0.05) is 15.9 Å². The third-order valence-corrected chi connectivity index (χ3v) is 2.29. The maximum Gasteiger partial charge on any atom is 0.253 e. The van der Waals surface area contributed by atoms with Crippen molar-refractivity contribution >= 4 is 27.7 Å². The maximum absolute atomic E-state index is 11.6. The first kappa shape index (κ1) is 11.7. The number of amides is 2. The summed E-state index contributed by atoms with van der Waals surface area (Å²) in [6, 6.07) is 4.71. The summed E-state index contributed by atoms with van der Waals surface area (Å²) in [6.45, 7) is 0. The molecule has 0 heterocycles. The second kappa shape index (κ2) is 4.44. The van der Waals surface area contributed by atoms with E-state index in [9.17, 15) is 9.59 Å². The number of nitrogens with two attached hydrogens (primary N) is 1. The van der Waals surface area contributed by atoms with Gasteiger partial charge in [-0.25, -0.2) is 0 Å². The lowest BCUT2D eigenvalue weighted by atomic mass is 10.1. The first-order valence-corrected chi connectivity index (χ1v) is 5.03. The summed E-state index contributed by atoms with van der Waals surface area (Å²) < 4.78 is 0.656. The molecule has 0 aliphatic carbocycles. The minimum Gasteiger partial charge on any atom is -0.366 e. The number of nitrogens with zero attached hydrogens (tertiary/aromatic N) is 1. The number of halogens is 1. The number of carbonyl (C=O) groups excluding carboxylic acids is 2. The standard InChI is InChI=1S/C10H11BrN2O2/c1-13(2)10(15)7-3-6(9(12)14)4-8(11)5-7/h3-5H,1-2H3,(H2,12,14). The van der Waals surface area contributed by atoms with E-state index in [1.807, 2.05) is 0 Å². The number of rotatable bonds is 2. The van der Waals surface area contributed by atoms with Crippen molar-refractivity contribution in [3.63, 3.8) is 0 Å². The molecule has 15 heavy (non-hydrogen) atoms. The van der Waals surface area contributed by atoms with E-state index >= 15 is 0 Å². The van der Waals surface area contributed by atoms with Crippen LogP contribution in [0.15, 0.2) is 22.7 Å². The van der Waals surface area contributed by atoms with Gasteiger partial charge >= 0.3 is 0 Å². The van der Waals surface area contributed by atoms with Crippen LogP contribution in [0.3, 0.4) is 0 Å². The van der Waals surface area contributed by atoms with E-state index < -0.39 is 5.91 Å². The Hall–Kier alpha value is -1.36. The molecular weight excluding hydrogens is 260 g/mol. The second-order valence-corrected chi connectivity index (χ2v) is 4.21. The van der Waals surface area contributed by atoms with E-state index in [1.54, 1.807) is 26.2 Å². The highest BCUT2D eigenvalue weighted by molar-refractivity contribution is 9.10. The average Bonchev–Trinajstić information content (AvgIpc) is 2.15. The molecular formula is C10H11BrN2O2. The summed E-state index contributed by atoms with van der Waals surface area (Å²) in [5.41, 5.74) is 5.89. The molecule has 0 aliphatic heterocycles. The lowest BCUT2D eigenvalue weighted by molar-refractivity contribution is 0.0827. The van der Waals surface area contributed by atoms with Crippen molar-refractivity contribution in [2.75, 3.05) is 14.1 Å². The lowest BCUT2D eigenvalue weighted by Crippen LogP contribution is -2.22. The molecule has 0 spiro atoms. The lowest BCUT2D eigenvalue weighted by Gasteiger charge is -2.11. The van der Waals surface area contributed by atoms with Crippen LogP contribution < -0.4 is 5.73 Å². The zero-order chi connectivity index (χ0) is 11.6. The van der Waals surface area contributed by atoms with Crippen LogP contribution in [-0.2, 0) is 0 Å². The summed E-state index contributed by atoms with van der Waals surface area (Å²) in [5.74, 6) is -0.720. The largest absolute Gasteiger partial charge is 0.366 e. The van der Waals surface area contributed by atoms with Gasteiger partial charge in [0.2, 0.25) is 5.91 Å². The number of benzene rings is 1. The van der Waals surface area contributed by atoms with Crippen LogP contribution in [0.5, 0.6) is 0 Å². The molecule has 0 fully saturated rings. The van der Waals surface area contributed by atoms with Crippen LogP contribution >= 0.6 is 15.9 Å². The van der Waals surface area contributed by atoms with Crippen LogP contribution in [0.1, 0.15) is 20.7 Å². The van der Waals surface area contributed by atoms with E-state index in [-0.39, 0.29) is 5.91 Å².